The van der Waals surface area contributed by atoms with Crippen LogP contribution >= 0.6 is 11.6 Å². The zero-order valence-electron chi connectivity index (χ0n) is 10.7. The van der Waals surface area contributed by atoms with Gasteiger partial charge in [-0.1, -0.05) is 17.7 Å². The van der Waals surface area contributed by atoms with Crippen LogP contribution in [0.5, 0.6) is 0 Å². The van der Waals surface area contributed by atoms with E-state index in [2.05, 4.69) is 15.5 Å². The van der Waals surface area contributed by atoms with E-state index in [0.29, 0.717) is 36.3 Å². The molecule has 0 fully saturated rings. The molecular weight excluding hydrogens is 282 g/mol. The second kappa shape index (κ2) is 7.02. The van der Waals surface area contributed by atoms with Gasteiger partial charge in [0.15, 0.2) is 0 Å². The number of aromatic nitrogens is 2. The van der Waals surface area contributed by atoms with Gasteiger partial charge in [0, 0.05) is 17.0 Å². The van der Waals surface area contributed by atoms with Crippen LogP contribution in [0.4, 0.5) is 0 Å². The molecule has 1 heterocycles. The molecule has 7 heteroatoms. The van der Waals surface area contributed by atoms with Crippen LogP contribution in [0.15, 0.2) is 28.7 Å². The molecule has 0 saturated carbocycles. The molecule has 20 heavy (non-hydrogen) atoms. The molecule has 2 rings (SSSR count). The maximum Gasteiger partial charge on any atom is 0.303 e. The van der Waals surface area contributed by atoms with Gasteiger partial charge < -0.3 is 14.8 Å². The molecule has 6 nitrogen and oxygen atoms in total. The summed E-state index contributed by atoms with van der Waals surface area (Å²) in [7, 11) is 0. The molecular formula is C13H14ClN3O3. The van der Waals surface area contributed by atoms with Crippen LogP contribution in [0, 0.1) is 0 Å². The maximum absolute atomic E-state index is 10.3. The molecule has 0 aliphatic rings. The lowest BCUT2D eigenvalue weighted by molar-refractivity contribution is -0.137. The van der Waals surface area contributed by atoms with E-state index in [0.717, 1.165) is 5.56 Å². The topological polar surface area (TPSA) is 88.2 Å². The number of halogens is 1. The van der Waals surface area contributed by atoms with Crippen LogP contribution in [0.1, 0.15) is 18.7 Å². The molecule has 2 aromatic rings. The molecule has 0 atom stereocenters. The molecule has 0 aliphatic heterocycles. The fourth-order valence-corrected chi connectivity index (χ4v) is 1.81. The van der Waals surface area contributed by atoms with Gasteiger partial charge in [-0.05, 0) is 31.2 Å². The molecule has 0 radical (unpaired) electrons. The van der Waals surface area contributed by atoms with Gasteiger partial charge in [0.1, 0.15) is 0 Å². The predicted molar refractivity (Wildman–Crippen MR) is 73.3 cm³/mol. The van der Waals surface area contributed by atoms with E-state index in [-0.39, 0.29) is 6.42 Å². The van der Waals surface area contributed by atoms with Crippen molar-refractivity contribution in [1.29, 1.82) is 0 Å². The standard InChI is InChI=1S/C13H14ClN3O3/c14-10-4-1-3-9(7-10)13-17-16-11(20-13)8-15-6-2-5-12(18)19/h1,3-4,7,15H,2,5-6,8H2,(H,18,19). The SMILES string of the molecule is O=C(O)CCCNCc1nnc(-c2cccc(Cl)c2)o1. The molecule has 106 valence electrons. The van der Waals surface area contributed by atoms with Crippen LogP contribution in [0.2, 0.25) is 5.02 Å². The highest BCUT2D eigenvalue weighted by atomic mass is 35.5. The third-order valence-electron chi connectivity index (χ3n) is 2.56. The second-order valence-corrected chi connectivity index (χ2v) is 4.62. The lowest BCUT2D eigenvalue weighted by Crippen LogP contribution is -2.15. The maximum atomic E-state index is 10.3. The Hall–Kier alpha value is -1.92. The minimum absolute atomic E-state index is 0.143. The van der Waals surface area contributed by atoms with E-state index in [1.165, 1.54) is 0 Å². The van der Waals surface area contributed by atoms with Crippen LogP contribution < -0.4 is 5.32 Å². The number of carbonyl (C=O) groups is 1. The zero-order chi connectivity index (χ0) is 14.4. The number of carboxylic acids is 1. The van der Waals surface area contributed by atoms with Gasteiger partial charge in [-0.15, -0.1) is 10.2 Å². The first-order valence-corrected chi connectivity index (χ1v) is 6.54. The minimum Gasteiger partial charge on any atom is -0.481 e. The first kappa shape index (κ1) is 14.5. The predicted octanol–water partition coefficient (Wildman–Crippen LogP) is 2.34. The molecule has 2 N–H and O–H groups in total. The van der Waals surface area contributed by atoms with Gasteiger partial charge >= 0.3 is 5.97 Å². The summed E-state index contributed by atoms with van der Waals surface area (Å²) < 4.78 is 5.49. The Morgan fingerprint density at radius 3 is 3.00 bits per heavy atom. The summed E-state index contributed by atoms with van der Waals surface area (Å²) in [5.41, 5.74) is 0.766. The van der Waals surface area contributed by atoms with Crippen LogP contribution in [0.25, 0.3) is 11.5 Å². The van der Waals surface area contributed by atoms with Crippen LogP contribution in [-0.2, 0) is 11.3 Å². The van der Waals surface area contributed by atoms with E-state index < -0.39 is 5.97 Å². The van der Waals surface area contributed by atoms with Crippen LogP contribution in [-0.4, -0.2) is 27.8 Å². The summed E-state index contributed by atoms with van der Waals surface area (Å²) in [5.74, 6) is 0.0676. The Labute approximate surface area is 120 Å². The molecule has 1 aromatic heterocycles. The van der Waals surface area contributed by atoms with E-state index in [9.17, 15) is 4.79 Å². The highest BCUT2D eigenvalue weighted by Crippen LogP contribution is 2.21. The second-order valence-electron chi connectivity index (χ2n) is 4.19. The van der Waals surface area contributed by atoms with Crippen molar-refractivity contribution < 1.29 is 14.3 Å². The Balaban J connectivity index is 1.85. The Morgan fingerprint density at radius 2 is 2.25 bits per heavy atom. The number of rotatable bonds is 7. The normalized spacial score (nSPS) is 10.7. The van der Waals surface area contributed by atoms with Gasteiger partial charge in [0.25, 0.3) is 0 Å². The Kier molecular flexibility index (Phi) is 5.09. The average Bonchev–Trinajstić information content (AvgIpc) is 2.87. The molecule has 0 bridgehead atoms. The Bertz CT molecular complexity index is 586. The van der Waals surface area contributed by atoms with Gasteiger partial charge in [-0.25, -0.2) is 0 Å². The van der Waals surface area contributed by atoms with Crippen molar-refractivity contribution in [1.82, 2.24) is 15.5 Å². The molecule has 0 amide bonds. The molecule has 0 unspecified atom stereocenters. The van der Waals surface area contributed by atoms with Crippen molar-refractivity contribution in [3.63, 3.8) is 0 Å². The quantitative estimate of drug-likeness (QED) is 0.762. The smallest absolute Gasteiger partial charge is 0.303 e. The lowest BCUT2D eigenvalue weighted by Gasteiger charge is -1.99. The van der Waals surface area contributed by atoms with E-state index in [4.69, 9.17) is 21.1 Å². The van der Waals surface area contributed by atoms with Crippen molar-refractivity contribution >= 4 is 17.6 Å². The monoisotopic (exact) mass is 295 g/mol. The molecule has 0 aliphatic carbocycles. The molecule has 1 aromatic carbocycles. The fourth-order valence-electron chi connectivity index (χ4n) is 1.62. The summed E-state index contributed by atoms with van der Waals surface area (Å²) in [6.45, 7) is 0.994. The van der Waals surface area contributed by atoms with E-state index >= 15 is 0 Å². The van der Waals surface area contributed by atoms with Crippen molar-refractivity contribution in [2.24, 2.45) is 0 Å². The third kappa shape index (κ3) is 4.32. The van der Waals surface area contributed by atoms with Gasteiger partial charge in [0.2, 0.25) is 11.8 Å². The number of aliphatic carboxylic acids is 1. The average molecular weight is 296 g/mol. The van der Waals surface area contributed by atoms with Crippen molar-refractivity contribution in [3.05, 3.63) is 35.2 Å². The number of nitrogens with one attached hydrogen (secondary N) is 1. The largest absolute Gasteiger partial charge is 0.481 e. The summed E-state index contributed by atoms with van der Waals surface area (Å²) in [4.78, 5) is 10.3. The number of nitrogens with zero attached hydrogens (tertiary/aromatic N) is 2. The van der Waals surface area contributed by atoms with E-state index in [1.807, 2.05) is 12.1 Å². The summed E-state index contributed by atoms with van der Waals surface area (Å²) in [6.07, 6.45) is 0.704. The Morgan fingerprint density at radius 1 is 1.40 bits per heavy atom. The highest BCUT2D eigenvalue weighted by Gasteiger charge is 2.08. The fraction of sp³-hybridized carbons (Fsp3) is 0.308. The van der Waals surface area contributed by atoms with Gasteiger partial charge in [0.05, 0.1) is 6.54 Å². The highest BCUT2D eigenvalue weighted by molar-refractivity contribution is 6.30. The first-order chi connectivity index (χ1) is 9.65. The summed E-state index contributed by atoms with van der Waals surface area (Å²) >= 11 is 5.90. The number of hydrogen-bond donors (Lipinski definition) is 2. The van der Waals surface area contributed by atoms with Crippen molar-refractivity contribution in [2.75, 3.05) is 6.54 Å². The lowest BCUT2D eigenvalue weighted by atomic mass is 10.2. The van der Waals surface area contributed by atoms with Crippen molar-refractivity contribution in [2.45, 2.75) is 19.4 Å². The van der Waals surface area contributed by atoms with E-state index in [1.54, 1.807) is 12.1 Å². The first-order valence-electron chi connectivity index (χ1n) is 6.16. The number of carboxylic acid groups (broad SMARTS) is 1. The van der Waals surface area contributed by atoms with Gasteiger partial charge in [-0.3, -0.25) is 4.79 Å². The number of hydrogen-bond acceptors (Lipinski definition) is 5. The summed E-state index contributed by atoms with van der Waals surface area (Å²) in [6, 6.07) is 7.17. The molecule has 0 saturated heterocycles. The van der Waals surface area contributed by atoms with Gasteiger partial charge in [-0.2, -0.15) is 0 Å². The zero-order valence-corrected chi connectivity index (χ0v) is 11.4. The van der Waals surface area contributed by atoms with Crippen molar-refractivity contribution in [3.8, 4) is 11.5 Å². The van der Waals surface area contributed by atoms with Crippen LogP contribution in [0.3, 0.4) is 0 Å². The molecule has 0 spiro atoms. The summed E-state index contributed by atoms with van der Waals surface area (Å²) in [5, 5.41) is 20.0. The minimum atomic E-state index is -0.798. The third-order valence-corrected chi connectivity index (χ3v) is 2.79. The number of benzene rings is 1.